The number of carbonyl (C=O) groups is 2. The van der Waals surface area contributed by atoms with Crippen LogP contribution in [0.1, 0.15) is 52.2 Å². The molecule has 2 amide bonds. The number of nitrogens with zero attached hydrogens (tertiary/aromatic N) is 1. The highest BCUT2D eigenvalue weighted by Gasteiger charge is 2.31. The van der Waals surface area contributed by atoms with Gasteiger partial charge in [0.15, 0.2) is 0 Å². The maximum absolute atomic E-state index is 12.5. The third-order valence-electron chi connectivity index (χ3n) is 4.98. The van der Waals surface area contributed by atoms with Crippen LogP contribution < -0.4 is 5.32 Å². The first-order valence-electron chi connectivity index (χ1n) is 8.42. The summed E-state index contributed by atoms with van der Waals surface area (Å²) in [5.41, 5.74) is 1.23. The van der Waals surface area contributed by atoms with Crippen molar-refractivity contribution in [3.05, 3.63) is 21.4 Å². The third-order valence-corrected chi connectivity index (χ3v) is 6.21. The van der Waals surface area contributed by atoms with Gasteiger partial charge in [-0.25, -0.2) is 0 Å². The number of nitrogens with one attached hydrogen (secondary N) is 1. The standard InChI is InChI=1S/C17H22N2O2S/c20-16(18-13-4-5-13)11-3-6-14-12(9-11)10-15(22-14)17(21)19-7-1-2-8-19/h10-11,13H,1-9H2,(H,18,20)/t11-/m0/s1. The predicted octanol–water partition coefficient (Wildman–Crippen LogP) is 2.37. The fraction of sp³-hybridized carbons (Fsp3) is 0.647. The summed E-state index contributed by atoms with van der Waals surface area (Å²) in [6.07, 6.45) is 7.19. The van der Waals surface area contributed by atoms with Crippen molar-refractivity contribution in [1.29, 1.82) is 0 Å². The number of carbonyl (C=O) groups excluding carboxylic acids is 2. The molecule has 1 aromatic rings. The quantitative estimate of drug-likeness (QED) is 0.930. The molecule has 1 aliphatic heterocycles. The number of amides is 2. The van der Waals surface area contributed by atoms with Crippen LogP contribution in [0, 0.1) is 5.92 Å². The van der Waals surface area contributed by atoms with Crippen LogP contribution in [-0.4, -0.2) is 35.8 Å². The van der Waals surface area contributed by atoms with Crippen molar-refractivity contribution in [3.63, 3.8) is 0 Å². The second-order valence-electron chi connectivity index (χ2n) is 6.78. The second kappa shape index (κ2) is 5.69. The number of thiophene rings is 1. The first-order valence-corrected chi connectivity index (χ1v) is 9.23. The number of rotatable bonds is 3. The normalized spacial score (nSPS) is 24.2. The van der Waals surface area contributed by atoms with Crippen LogP contribution in [0.4, 0.5) is 0 Å². The predicted molar refractivity (Wildman–Crippen MR) is 86.1 cm³/mol. The van der Waals surface area contributed by atoms with Crippen LogP contribution in [-0.2, 0) is 17.6 Å². The topological polar surface area (TPSA) is 49.4 Å². The molecule has 22 heavy (non-hydrogen) atoms. The van der Waals surface area contributed by atoms with Crippen LogP contribution in [0.2, 0.25) is 0 Å². The van der Waals surface area contributed by atoms with Gasteiger partial charge in [-0.3, -0.25) is 9.59 Å². The number of hydrogen-bond acceptors (Lipinski definition) is 3. The van der Waals surface area contributed by atoms with Crippen LogP contribution in [0.5, 0.6) is 0 Å². The van der Waals surface area contributed by atoms with E-state index in [1.807, 2.05) is 4.90 Å². The van der Waals surface area contributed by atoms with E-state index in [2.05, 4.69) is 11.4 Å². The van der Waals surface area contributed by atoms with Crippen molar-refractivity contribution in [2.24, 2.45) is 5.92 Å². The van der Waals surface area contributed by atoms with E-state index >= 15 is 0 Å². The third kappa shape index (κ3) is 2.78. The van der Waals surface area contributed by atoms with E-state index in [1.54, 1.807) is 11.3 Å². The first kappa shape index (κ1) is 14.2. The Balaban J connectivity index is 1.45. The highest BCUT2D eigenvalue weighted by molar-refractivity contribution is 7.14. The number of aryl methyl sites for hydroxylation is 1. The zero-order valence-corrected chi connectivity index (χ0v) is 13.6. The monoisotopic (exact) mass is 318 g/mol. The van der Waals surface area contributed by atoms with Gasteiger partial charge in [0.1, 0.15) is 0 Å². The van der Waals surface area contributed by atoms with Crippen molar-refractivity contribution >= 4 is 23.2 Å². The summed E-state index contributed by atoms with van der Waals surface area (Å²) in [4.78, 5) is 28.9. The molecule has 1 saturated heterocycles. The summed E-state index contributed by atoms with van der Waals surface area (Å²) in [5.74, 6) is 0.500. The Morgan fingerprint density at radius 3 is 2.68 bits per heavy atom. The highest BCUT2D eigenvalue weighted by Crippen LogP contribution is 2.34. The van der Waals surface area contributed by atoms with Gasteiger partial charge in [0.25, 0.3) is 5.91 Å². The van der Waals surface area contributed by atoms with Crippen molar-refractivity contribution in [2.75, 3.05) is 13.1 Å². The van der Waals surface area contributed by atoms with E-state index in [0.29, 0.717) is 6.04 Å². The number of hydrogen-bond donors (Lipinski definition) is 1. The summed E-state index contributed by atoms with van der Waals surface area (Å²) >= 11 is 1.65. The zero-order valence-electron chi connectivity index (χ0n) is 12.8. The number of likely N-dealkylation sites (tertiary alicyclic amines) is 1. The van der Waals surface area contributed by atoms with E-state index < -0.39 is 0 Å². The van der Waals surface area contributed by atoms with Gasteiger partial charge in [-0.1, -0.05) is 0 Å². The van der Waals surface area contributed by atoms with E-state index in [9.17, 15) is 9.59 Å². The first-order chi connectivity index (χ1) is 10.7. The maximum Gasteiger partial charge on any atom is 0.263 e. The molecule has 0 radical (unpaired) electrons. The van der Waals surface area contributed by atoms with E-state index in [1.165, 1.54) is 10.4 Å². The molecule has 0 unspecified atom stereocenters. The Kier molecular flexibility index (Phi) is 3.68. The molecule has 3 aliphatic rings. The summed E-state index contributed by atoms with van der Waals surface area (Å²) in [6.45, 7) is 1.79. The van der Waals surface area contributed by atoms with Crippen molar-refractivity contribution in [1.82, 2.24) is 10.2 Å². The lowest BCUT2D eigenvalue weighted by Gasteiger charge is -2.21. The summed E-state index contributed by atoms with van der Waals surface area (Å²) in [6, 6.07) is 2.49. The fourth-order valence-electron chi connectivity index (χ4n) is 3.48. The van der Waals surface area contributed by atoms with Crippen molar-refractivity contribution < 1.29 is 9.59 Å². The van der Waals surface area contributed by atoms with Crippen molar-refractivity contribution in [2.45, 2.75) is 51.0 Å². The van der Waals surface area contributed by atoms with Gasteiger partial charge in [-0.05, 0) is 56.6 Å². The summed E-state index contributed by atoms with van der Waals surface area (Å²) < 4.78 is 0. The van der Waals surface area contributed by atoms with Gasteiger partial charge in [0.2, 0.25) is 5.91 Å². The zero-order chi connectivity index (χ0) is 15.1. The van der Waals surface area contributed by atoms with E-state index in [4.69, 9.17) is 0 Å². The number of fused-ring (bicyclic) bond motifs is 1. The minimum Gasteiger partial charge on any atom is -0.353 e. The lowest BCUT2D eigenvalue weighted by Crippen LogP contribution is -2.35. The Bertz CT molecular complexity index is 600. The molecular weight excluding hydrogens is 296 g/mol. The minimum atomic E-state index is 0.0949. The molecule has 0 spiro atoms. The molecule has 1 saturated carbocycles. The van der Waals surface area contributed by atoms with Gasteiger partial charge in [-0.2, -0.15) is 0 Å². The lowest BCUT2D eigenvalue weighted by atomic mass is 9.87. The molecular formula is C17H22N2O2S. The average Bonchev–Trinajstić information content (AvgIpc) is 3.05. The fourth-order valence-corrected chi connectivity index (χ4v) is 4.65. The van der Waals surface area contributed by atoms with Crippen molar-refractivity contribution in [3.8, 4) is 0 Å². The molecule has 1 atom stereocenters. The molecule has 4 nitrogen and oxygen atoms in total. The summed E-state index contributed by atoms with van der Waals surface area (Å²) in [7, 11) is 0. The molecule has 2 heterocycles. The SMILES string of the molecule is O=C(NC1CC1)[C@H]1CCc2sc(C(=O)N3CCCC3)cc2C1. The van der Waals surface area contributed by atoms with Crippen LogP contribution in [0.3, 0.4) is 0 Å². The smallest absolute Gasteiger partial charge is 0.263 e. The van der Waals surface area contributed by atoms with Gasteiger partial charge >= 0.3 is 0 Å². The Morgan fingerprint density at radius 1 is 1.18 bits per heavy atom. The molecule has 0 aromatic carbocycles. The maximum atomic E-state index is 12.5. The average molecular weight is 318 g/mol. The molecule has 0 bridgehead atoms. The molecule has 1 N–H and O–H groups in total. The Morgan fingerprint density at radius 2 is 1.95 bits per heavy atom. The largest absolute Gasteiger partial charge is 0.353 e. The van der Waals surface area contributed by atoms with Crippen LogP contribution in [0.25, 0.3) is 0 Å². The van der Waals surface area contributed by atoms with E-state index in [-0.39, 0.29) is 17.7 Å². The second-order valence-corrected chi connectivity index (χ2v) is 7.92. The molecule has 1 aromatic heterocycles. The molecule has 2 aliphatic carbocycles. The molecule has 2 fully saturated rings. The summed E-state index contributed by atoms with van der Waals surface area (Å²) in [5, 5.41) is 3.12. The van der Waals surface area contributed by atoms with Gasteiger partial charge < -0.3 is 10.2 Å². The molecule has 5 heteroatoms. The van der Waals surface area contributed by atoms with Gasteiger partial charge in [0, 0.05) is 29.9 Å². The molecule has 4 rings (SSSR count). The molecule has 118 valence electrons. The Hall–Kier alpha value is -1.36. The van der Waals surface area contributed by atoms with Crippen LogP contribution in [0.15, 0.2) is 6.07 Å². The highest BCUT2D eigenvalue weighted by atomic mass is 32.1. The van der Waals surface area contributed by atoms with Crippen LogP contribution >= 0.6 is 11.3 Å². The van der Waals surface area contributed by atoms with Gasteiger partial charge in [-0.15, -0.1) is 11.3 Å². The van der Waals surface area contributed by atoms with Gasteiger partial charge in [0.05, 0.1) is 4.88 Å². The Labute approximate surface area is 134 Å². The minimum absolute atomic E-state index is 0.0949. The van der Waals surface area contributed by atoms with E-state index in [0.717, 1.165) is 62.9 Å². The lowest BCUT2D eigenvalue weighted by molar-refractivity contribution is -0.125.